The maximum Gasteiger partial charge on any atom is 0.0610 e. The zero-order valence-corrected chi connectivity index (χ0v) is 11.7. The Morgan fingerprint density at radius 3 is 2.19 bits per heavy atom. The van der Waals surface area contributed by atoms with E-state index in [1.54, 1.807) is 0 Å². The molecule has 2 aromatic rings. The van der Waals surface area contributed by atoms with Gasteiger partial charge in [-0.15, -0.1) is 0 Å². The monoisotopic (exact) mass is 336 g/mol. The van der Waals surface area contributed by atoms with Gasteiger partial charge in [-0.2, -0.15) is 0 Å². The van der Waals surface area contributed by atoms with Crippen LogP contribution in [0.5, 0.6) is 0 Å². The van der Waals surface area contributed by atoms with Gasteiger partial charge in [0.25, 0.3) is 0 Å². The molecular formula is C14H10Br2. The van der Waals surface area contributed by atoms with E-state index in [0.717, 1.165) is 3.39 Å². The van der Waals surface area contributed by atoms with Gasteiger partial charge in [-0.05, 0) is 60.7 Å². The van der Waals surface area contributed by atoms with Crippen molar-refractivity contribution in [3.8, 4) is 11.1 Å². The van der Waals surface area contributed by atoms with Gasteiger partial charge in [-0.3, -0.25) is 0 Å². The van der Waals surface area contributed by atoms with E-state index in [4.69, 9.17) is 0 Å². The molecule has 0 N–H and O–H groups in total. The fourth-order valence-corrected chi connectivity index (χ4v) is 2.09. The largest absolute Gasteiger partial charge is 0.0622 e. The highest BCUT2D eigenvalue weighted by atomic mass is 79.9. The molecule has 0 fully saturated rings. The minimum atomic E-state index is 0.949. The summed E-state index contributed by atoms with van der Waals surface area (Å²) in [7, 11) is 0. The summed E-state index contributed by atoms with van der Waals surface area (Å²) >= 11 is 6.74. The topological polar surface area (TPSA) is 0 Å². The van der Waals surface area contributed by atoms with Crippen molar-refractivity contribution in [1.29, 1.82) is 0 Å². The Morgan fingerprint density at radius 2 is 1.50 bits per heavy atom. The normalized spacial score (nSPS) is 9.88. The minimum Gasteiger partial charge on any atom is -0.0622 e. The molecule has 0 aliphatic rings. The summed E-state index contributed by atoms with van der Waals surface area (Å²) in [5, 5.41) is 0. The molecule has 2 rings (SSSR count). The summed E-state index contributed by atoms with van der Waals surface area (Å²) < 4.78 is 0.949. The van der Waals surface area contributed by atoms with Gasteiger partial charge in [0.2, 0.25) is 0 Å². The molecule has 2 aromatic carbocycles. The summed E-state index contributed by atoms with van der Waals surface area (Å²) in [6.45, 7) is 0. The van der Waals surface area contributed by atoms with Crippen molar-refractivity contribution in [1.82, 2.24) is 0 Å². The van der Waals surface area contributed by atoms with Crippen LogP contribution in [0.4, 0.5) is 0 Å². The first-order valence-corrected chi connectivity index (χ1v) is 6.52. The first-order chi connectivity index (χ1) is 7.75. The fourth-order valence-electron chi connectivity index (χ4n) is 1.56. The SMILES string of the molecule is BrC(Br)=Cc1cccc(-c2ccccc2)c1. The van der Waals surface area contributed by atoms with Gasteiger partial charge in [0.1, 0.15) is 0 Å². The Kier molecular flexibility index (Phi) is 3.97. The zero-order valence-electron chi connectivity index (χ0n) is 8.53. The molecular weight excluding hydrogens is 328 g/mol. The van der Waals surface area contributed by atoms with Crippen molar-refractivity contribution in [2.75, 3.05) is 0 Å². The van der Waals surface area contributed by atoms with Crippen LogP contribution in [0.1, 0.15) is 5.56 Å². The lowest BCUT2D eigenvalue weighted by Gasteiger charge is -2.02. The van der Waals surface area contributed by atoms with E-state index < -0.39 is 0 Å². The Hall–Kier alpha value is -0.860. The average molecular weight is 338 g/mol. The van der Waals surface area contributed by atoms with Crippen molar-refractivity contribution >= 4 is 37.9 Å². The van der Waals surface area contributed by atoms with Gasteiger partial charge in [0, 0.05) is 0 Å². The van der Waals surface area contributed by atoms with Crippen LogP contribution < -0.4 is 0 Å². The number of hydrogen-bond donors (Lipinski definition) is 0. The lowest BCUT2D eigenvalue weighted by atomic mass is 10.0. The second kappa shape index (κ2) is 5.46. The van der Waals surface area contributed by atoms with Crippen LogP contribution in [0.3, 0.4) is 0 Å². The van der Waals surface area contributed by atoms with Gasteiger partial charge in [0.05, 0.1) is 3.39 Å². The standard InChI is InChI=1S/C14H10Br2/c15-14(16)10-11-5-4-8-13(9-11)12-6-2-1-3-7-12/h1-10H. The van der Waals surface area contributed by atoms with Crippen molar-refractivity contribution in [3.63, 3.8) is 0 Å². The molecule has 0 heterocycles. The summed E-state index contributed by atoms with van der Waals surface area (Å²) in [5.41, 5.74) is 3.64. The van der Waals surface area contributed by atoms with Crippen molar-refractivity contribution < 1.29 is 0 Å². The van der Waals surface area contributed by atoms with Gasteiger partial charge in [0.15, 0.2) is 0 Å². The highest BCUT2D eigenvalue weighted by Gasteiger charge is 1.97. The van der Waals surface area contributed by atoms with Crippen LogP contribution in [-0.2, 0) is 0 Å². The number of hydrogen-bond acceptors (Lipinski definition) is 0. The third-order valence-corrected chi connectivity index (χ3v) is 2.73. The van der Waals surface area contributed by atoms with Gasteiger partial charge in [-0.1, -0.05) is 48.5 Å². The first kappa shape index (κ1) is 11.6. The summed E-state index contributed by atoms with van der Waals surface area (Å²) in [6, 6.07) is 18.8. The highest BCUT2D eigenvalue weighted by Crippen LogP contribution is 2.23. The predicted molar refractivity (Wildman–Crippen MR) is 77.7 cm³/mol. The molecule has 0 unspecified atom stereocenters. The summed E-state index contributed by atoms with van der Waals surface area (Å²) in [5.74, 6) is 0. The maximum atomic E-state index is 3.37. The minimum absolute atomic E-state index is 0.949. The van der Waals surface area contributed by atoms with Crippen LogP contribution in [0, 0.1) is 0 Å². The summed E-state index contributed by atoms with van der Waals surface area (Å²) in [6.07, 6.45) is 2.03. The van der Waals surface area contributed by atoms with E-state index in [1.165, 1.54) is 16.7 Å². The smallest absolute Gasteiger partial charge is 0.0610 e. The number of halogens is 2. The second-order valence-corrected chi connectivity index (χ2v) is 6.20. The molecule has 0 bridgehead atoms. The molecule has 0 aromatic heterocycles. The molecule has 2 heteroatoms. The molecule has 0 spiro atoms. The molecule has 80 valence electrons. The predicted octanol–water partition coefficient (Wildman–Crippen LogP) is 5.44. The lowest BCUT2D eigenvalue weighted by molar-refractivity contribution is 1.60. The Morgan fingerprint density at radius 1 is 0.812 bits per heavy atom. The van der Waals surface area contributed by atoms with E-state index in [2.05, 4.69) is 80.4 Å². The van der Waals surface area contributed by atoms with Crippen LogP contribution in [0.25, 0.3) is 17.2 Å². The molecule has 0 aliphatic carbocycles. The lowest BCUT2D eigenvalue weighted by Crippen LogP contribution is -1.78. The number of benzene rings is 2. The molecule has 0 radical (unpaired) electrons. The van der Waals surface area contributed by atoms with Gasteiger partial charge >= 0.3 is 0 Å². The summed E-state index contributed by atoms with van der Waals surface area (Å²) in [4.78, 5) is 0. The van der Waals surface area contributed by atoms with Crippen LogP contribution in [-0.4, -0.2) is 0 Å². The van der Waals surface area contributed by atoms with Crippen LogP contribution in [0.15, 0.2) is 58.0 Å². The van der Waals surface area contributed by atoms with Crippen LogP contribution >= 0.6 is 31.9 Å². The molecule has 0 amide bonds. The van der Waals surface area contributed by atoms with Crippen molar-refractivity contribution in [2.45, 2.75) is 0 Å². The quantitative estimate of drug-likeness (QED) is 0.684. The molecule has 0 saturated carbocycles. The van der Waals surface area contributed by atoms with E-state index in [0.29, 0.717) is 0 Å². The van der Waals surface area contributed by atoms with E-state index in [-0.39, 0.29) is 0 Å². The first-order valence-electron chi connectivity index (χ1n) is 4.94. The second-order valence-electron chi connectivity index (χ2n) is 3.43. The molecule has 0 nitrogen and oxygen atoms in total. The van der Waals surface area contributed by atoms with E-state index in [9.17, 15) is 0 Å². The third kappa shape index (κ3) is 3.06. The molecule has 0 aliphatic heterocycles. The zero-order chi connectivity index (χ0) is 11.4. The van der Waals surface area contributed by atoms with Gasteiger partial charge < -0.3 is 0 Å². The maximum absolute atomic E-state index is 3.37. The van der Waals surface area contributed by atoms with Crippen molar-refractivity contribution in [2.24, 2.45) is 0 Å². The average Bonchev–Trinajstić information content (AvgIpc) is 2.30. The highest BCUT2D eigenvalue weighted by molar-refractivity contribution is 9.28. The van der Waals surface area contributed by atoms with Gasteiger partial charge in [-0.25, -0.2) is 0 Å². The van der Waals surface area contributed by atoms with Crippen molar-refractivity contribution in [3.05, 3.63) is 63.6 Å². The van der Waals surface area contributed by atoms with E-state index >= 15 is 0 Å². The van der Waals surface area contributed by atoms with Crippen LogP contribution in [0.2, 0.25) is 0 Å². The Balaban J connectivity index is 2.41. The molecule has 0 saturated heterocycles. The number of rotatable bonds is 2. The fraction of sp³-hybridized carbons (Fsp3) is 0. The molecule has 0 atom stereocenters. The Bertz CT molecular complexity index is 497. The van der Waals surface area contributed by atoms with E-state index in [1.807, 2.05) is 12.1 Å². The molecule has 16 heavy (non-hydrogen) atoms. The third-order valence-electron chi connectivity index (χ3n) is 2.27. The Labute approximate surface area is 112 Å².